The van der Waals surface area contributed by atoms with Crippen molar-refractivity contribution >= 4 is 15.7 Å². The molecule has 1 fully saturated rings. The van der Waals surface area contributed by atoms with Crippen LogP contribution in [0, 0.1) is 11.8 Å². The highest BCUT2D eigenvalue weighted by atomic mass is 32.2. The van der Waals surface area contributed by atoms with Crippen LogP contribution in [0.15, 0.2) is 29.2 Å². The Labute approximate surface area is 163 Å². The monoisotopic (exact) mass is 396 g/mol. The Morgan fingerprint density at radius 3 is 2.85 bits per heavy atom. The lowest BCUT2D eigenvalue weighted by molar-refractivity contribution is -0.131. The van der Waals surface area contributed by atoms with E-state index in [0.29, 0.717) is 43.6 Å². The Kier molecular flexibility index (Phi) is 8.10. The molecule has 152 valence electrons. The second-order valence-corrected chi connectivity index (χ2v) is 9.57. The van der Waals surface area contributed by atoms with Crippen molar-refractivity contribution in [1.82, 2.24) is 10.2 Å². The fraction of sp³-hybridized carbons (Fsp3) is 0.650. The van der Waals surface area contributed by atoms with Crippen LogP contribution in [0.4, 0.5) is 0 Å². The van der Waals surface area contributed by atoms with E-state index in [2.05, 4.69) is 12.2 Å². The third-order valence-electron chi connectivity index (χ3n) is 5.20. The summed E-state index contributed by atoms with van der Waals surface area (Å²) in [6, 6.07) is 6.49. The Bertz CT molecular complexity index is 714. The number of benzene rings is 1. The fourth-order valence-corrected chi connectivity index (χ4v) is 4.03. The number of nitrogens with zero attached hydrogens (tertiary/aromatic N) is 1. The van der Waals surface area contributed by atoms with Crippen LogP contribution in [0.5, 0.6) is 5.75 Å². The van der Waals surface area contributed by atoms with Crippen LogP contribution in [0.1, 0.15) is 32.6 Å². The molecule has 2 rings (SSSR count). The third kappa shape index (κ3) is 7.14. The molecule has 1 aliphatic heterocycles. The number of sulfone groups is 1. The van der Waals surface area contributed by atoms with E-state index in [1.54, 1.807) is 23.1 Å². The number of hydrogen-bond acceptors (Lipinski definition) is 5. The summed E-state index contributed by atoms with van der Waals surface area (Å²) in [6.45, 7) is 5.33. The molecule has 1 aromatic carbocycles. The molecule has 27 heavy (non-hydrogen) atoms. The number of ether oxygens (including phenoxy) is 1. The van der Waals surface area contributed by atoms with Crippen LogP contribution in [0.2, 0.25) is 0 Å². The lowest BCUT2D eigenvalue weighted by Gasteiger charge is -2.29. The minimum Gasteiger partial charge on any atom is -0.493 e. The van der Waals surface area contributed by atoms with Crippen molar-refractivity contribution < 1.29 is 17.9 Å². The summed E-state index contributed by atoms with van der Waals surface area (Å²) < 4.78 is 28.8. The van der Waals surface area contributed by atoms with Gasteiger partial charge in [0.2, 0.25) is 5.91 Å². The van der Waals surface area contributed by atoms with Crippen LogP contribution in [-0.4, -0.2) is 58.8 Å². The lowest BCUT2D eigenvalue weighted by Crippen LogP contribution is -2.36. The van der Waals surface area contributed by atoms with Gasteiger partial charge in [0.1, 0.15) is 5.75 Å². The predicted octanol–water partition coefficient (Wildman–Crippen LogP) is 2.34. The second-order valence-electron chi connectivity index (χ2n) is 7.55. The summed E-state index contributed by atoms with van der Waals surface area (Å²) in [7, 11) is -1.41. The molecule has 1 saturated heterocycles. The van der Waals surface area contributed by atoms with E-state index in [-0.39, 0.29) is 10.8 Å². The molecule has 0 saturated carbocycles. The molecule has 2 atom stereocenters. The van der Waals surface area contributed by atoms with E-state index in [1.165, 1.54) is 25.2 Å². The zero-order chi connectivity index (χ0) is 19.9. The van der Waals surface area contributed by atoms with E-state index < -0.39 is 9.84 Å². The zero-order valence-corrected chi connectivity index (χ0v) is 17.4. The van der Waals surface area contributed by atoms with E-state index in [0.717, 1.165) is 13.1 Å². The molecule has 0 radical (unpaired) electrons. The number of nitrogens with one attached hydrogen (secondary N) is 1. The van der Waals surface area contributed by atoms with Crippen LogP contribution in [0.3, 0.4) is 0 Å². The highest BCUT2D eigenvalue weighted by molar-refractivity contribution is 7.90. The second kappa shape index (κ2) is 10.1. The first-order valence-corrected chi connectivity index (χ1v) is 11.5. The van der Waals surface area contributed by atoms with Gasteiger partial charge in [-0.2, -0.15) is 0 Å². The van der Waals surface area contributed by atoms with Crippen molar-refractivity contribution in [1.29, 1.82) is 0 Å². The highest BCUT2D eigenvalue weighted by Crippen LogP contribution is 2.23. The Morgan fingerprint density at radius 2 is 2.19 bits per heavy atom. The van der Waals surface area contributed by atoms with Crippen molar-refractivity contribution in [2.75, 3.05) is 39.5 Å². The predicted molar refractivity (Wildman–Crippen MR) is 107 cm³/mol. The largest absolute Gasteiger partial charge is 0.493 e. The number of hydrogen-bond donors (Lipinski definition) is 1. The van der Waals surface area contributed by atoms with Crippen molar-refractivity contribution in [3.8, 4) is 5.75 Å². The Balaban J connectivity index is 1.71. The molecule has 1 heterocycles. The average Bonchev–Trinajstić information content (AvgIpc) is 2.65. The highest BCUT2D eigenvalue weighted by Gasteiger charge is 2.23. The first kappa shape index (κ1) is 21.7. The SMILES string of the molecule is CC(CC(=O)N(C)CCCOc1cccc(S(C)(=O)=O)c1)C1CCCNC1. The summed E-state index contributed by atoms with van der Waals surface area (Å²) in [5.41, 5.74) is 0. The van der Waals surface area contributed by atoms with E-state index in [4.69, 9.17) is 4.74 Å². The van der Waals surface area contributed by atoms with Gasteiger partial charge in [-0.05, 0) is 62.4 Å². The summed E-state index contributed by atoms with van der Waals surface area (Å²) in [5.74, 6) is 1.68. The Hall–Kier alpha value is -1.60. The standard InChI is InChI=1S/C20H32N2O4S/c1-16(17-7-5-10-21-15-17)13-20(23)22(2)11-6-12-26-18-8-4-9-19(14-18)27(3,24)25/h4,8-9,14,16-17,21H,5-7,10-13,15H2,1-3H3. The molecular weight excluding hydrogens is 364 g/mol. The van der Waals surface area contributed by atoms with Gasteiger partial charge in [0, 0.05) is 26.3 Å². The maximum atomic E-state index is 12.4. The van der Waals surface area contributed by atoms with Crippen molar-refractivity contribution in [3.63, 3.8) is 0 Å². The fourth-order valence-electron chi connectivity index (χ4n) is 3.37. The molecule has 0 bridgehead atoms. The van der Waals surface area contributed by atoms with Crippen molar-refractivity contribution in [2.45, 2.75) is 37.5 Å². The molecular formula is C20H32N2O4S. The number of amides is 1. The van der Waals surface area contributed by atoms with Crippen LogP contribution < -0.4 is 10.1 Å². The molecule has 2 unspecified atom stereocenters. The van der Waals surface area contributed by atoms with Gasteiger partial charge in [0.05, 0.1) is 11.5 Å². The molecule has 1 amide bonds. The van der Waals surface area contributed by atoms with Gasteiger partial charge >= 0.3 is 0 Å². The number of carbonyl (C=O) groups is 1. The minimum absolute atomic E-state index is 0.173. The van der Waals surface area contributed by atoms with Gasteiger partial charge in [-0.1, -0.05) is 13.0 Å². The maximum Gasteiger partial charge on any atom is 0.222 e. The van der Waals surface area contributed by atoms with Crippen molar-refractivity contribution in [3.05, 3.63) is 24.3 Å². The zero-order valence-electron chi connectivity index (χ0n) is 16.6. The van der Waals surface area contributed by atoms with Crippen molar-refractivity contribution in [2.24, 2.45) is 11.8 Å². The quantitative estimate of drug-likeness (QED) is 0.649. The summed E-state index contributed by atoms with van der Waals surface area (Å²) in [6.07, 6.45) is 4.85. The van der Waals surface area contributed by atoms with Gasteiger partial charge in [-0.25, -0.2) is 8.42 Å². The number of piperidine rings is 1. The Morgan fingerprint density at radius 1 is 1.41 bits per heavy atom. The summed E-state index contributed by atoms with van der Waals surface area (Å²) in [5, 5.41) is 3.41. The van der Waals surface area contributed by atoms with E-state index in [1.807, 2.05) is 7.05 Å². The molecule has 1 aromatic rings. The average molecular weight is 397 g/mol. The molecule has 7 heteroatoms. The molecule has 6 nitrogen and oxygen atoms in total. The molecule has 0 aliphatic carbocycles. The molecule has 1 N–H and O–H groups in total. The normalized spacial score (nSPS) is 18.7. The summed E-state index contributed by atoms with van der Waals surface area (Å²) in [4.78, 5) is 14.4. The maximum absolute atomic E-state index is 12.4. The van der Waals surface area contributed by atoms with E-state index >= 15 is 0 Å². The topological polar surface area (TPSA) is 75.7 Å². The van der Waals surface area contributed by atoms with Crippen LogP contribution >= 0.6 is 0 Å². The van der Waals surface area contributed by atoms with Gasteiger partial charge in [-0.3, -0.25) is 4.79 Å². The number of rotatable bonds is 9. The first-order chi connectivity index (χ1) is 12.8. The van der Waals surface area contributed by atoms with Crippen LogP contribution in [0.25, 0.3) is 0 Å². The first-order valence-electron chi connectivity index (χ1n) is 9.65. The van der Waals surface area contributed by atoms with Gasteiger partial charge in [0.25, 0.3) is 0 Å². The van der Waals surface area contributed by atoms with Crippen LogP contribution in [-0.2, 0) is 14.6 Å². The van der Waals surface area contributed by atoms with Gasteiger partial charge in [-0.15, -0.1) is 0 Å². The van der Waals surface area contributed by atoms with Gasteiger partial charge in [0.15, 0.2) is 9.84 Å². The lowest BCUT2D eigenvalue weighted by atomic mass is 9.85. The molecule has 0 aromatic heterocycles. The van der Waals surface area contributed by atoms with Gasteiger partial charge < -0.3 is 15.0 Å². The van der Waals surface area contributed by atoms with E-state index in [9.17, 15) is 13.2 Å². The minimum atomic E-state index is -3.24. The summed E-state index contributed by atoms with van der Waals surface area (Å²) >= 11 is 0. The number of carbonyl (C=O) groups excluding carboxylic acids is 1. The molecule has 0 spiro atoms. The smallest absolute Gasteiger partial charge is 0.222 e. The molecule has 1 aliphatic rings. The third-order valence-corrected chi connectivity index (χ3v) is 6.31.